The number of hydrogen-bond acceptors (Lipinski definition) is 4. The van der Waals surface area contributed by atoms with Crippen LogP contribution in [-0.4, -0.2) is 32.1 Å². The van der Waals surface area contributed by atoms with Gasteiger partial charge in [-0.1, -0.05) is 47.0 Å². The van der Waals surface area contributed by atoms with Gasteiger partial charge in [-0.05, 0) is 63.3 Å². The van der Waals surface area contributed by atoms with Gasteiger partial charge in [0, 0.05) is 32.3 Å². The van der Waals surface area contributed by atoms with Crippen LogP contribution < -0.4 is 9.97 Å². The Labute approximate surface area is 238 Å². The van der Waals surface area contributed by atoms with Gasteiger partial charge in [0.25, 0.3) is 0 Å². The van der Waals surface area contributed by atoms with Gasteiger partial charge in [0.1, 0.15) is 0 Å². The number of hydrogen-bond donors (Lipinski definition) is 2. The van der Waals surface area contributed by atoms with Gasteiger partial charge in [-0.15, -0.1) is 22.1 Å². The zero-order valence-corrected chi connectivity index (χ0v) is 25.5. The van der Waals surface area contributed by atoms with Crippen LogP contribution in [0.4, 0.5) is 0 Å². The van der Waals surface area contributed by atoms with Crippen molar-refractivity contribution in [2.24, 2.45) is 0 Å². The van der Waals surface area contributed by atoms with E-state index in [1.165, 1.54) is 0 Å². The molecule has 0 saturated carbocycles. The molecule has 9 heteroatoms. The van der Waals surface area contributed by atoms with E-state index < -0.39 is 11.9 Å². The summed E-state index contributed by atoms with van der Waals surface area (Å²) in [7, 11) is 0. The SMILES string of the molecule is CC1=Cc2cc3[n-]c(cc4nc(cc5[n-]c(cc1n2)c(C)c5CCC(=O)O)C(CCC(=O)O)=C4C)cc3C.[Zn]. The molecule has 0 amide bonds. The zero-order valence-electron chi connectivity index (χ0n) is 22.5. The number of carbonyl (C=O) groups is 2. The molecule has 3 aromatic heterocycles. The molecule has 196 valence electrons. The fraction of sp³-hybridized carbons (Fsp3) is 0.267. The summed E-state index contributed by atoms with van der Waals surface area (Å²) in [6.07, 6.45) is 2.61. The van der Waals surface area contributed by atoms with Crippen molar-refractivity contribution in [1.29, 1.82) is 0 Å². The van der Waals surface area contributed by atoms with Crippen molar-refractivity contribution in [3.05, 3.63) is 69.8 Å². The number of carboxylic acids is 2. The Balaban J connectivity index is 0.00000353. The molecular weight excluding hydrogens is 546 g/mol. The fourth-order valence-corrected chi connectivity index (χ4v) is 4.96. The molecule has 0 radical (unpaired) electrons. The second kappa shape index (κ2) is 11.1. The predicted octanol–water partition coefficient (Wildman–Crippen LogP) is 5.56. The van der Waals surface area contributed by atoms with Gasteiger partial charge in [-0.2, -0.15) is 0 Å². The van der Waals surface area contributed by atoms with Gasteiger partial charge in [0.05, 0.1) is 22.8 Å². The van der Waals surface area contributed by atoms with Gasteiger partial charge < -0.3 is 20.2 Å². The molecule has 0 atom stereocenters. The van der Waals surface area contributed by atoms with Crippen molar-refractivity contribution in [1.82, 2.24) is 19.9 Å². The molecule has 39 heavy (non-hydrogen) atoms. The van der Waals surface area contributed by atoms with Crippen LogP contribution >= 0.6 is 0 Å². The van der Waals surface area contributed by atoms with Crippen molar-refractivity contribution >= 4 is 56.8 Å². The normalized spacial score (nSPS) is 12.8. The van der Waals surface area contributed by atoms with Crippen LogP contribution in [0.15, 0.2) is 30.3 Å². The molecule has 5 heterocycles. The Morgan fingerprint density at radius 2 is 1.46 bits per heavy atom. The molecule has 8 bridgehead atoms. The molecule has 5 rings (SSSR count). The van der Waals surface area contributed by atoms with Gasteiger partial charge in [-0.25, -0.2) is 9.97 Å². The third-order valence-corrected chi connectivity index (χ3v) is 7.10. The molecular formula is C30H28N4O4Zn-2. The first-order valence-corrected chi connectivity index (χ1v) is 12.5. The molecule has 0 saturated heterocycles. The number of aliphatic carboxylic acids is 2. The summed E-state index contributed by atoms with van der Waals surface area (Å²) in [5.74, 6) is -1.76. The summed E-state index contributed by atoms with van der Waals surface area (Å²) in [5.41, 5.74) is 11.4. The van der Waals surface area contributed by atoms with Crippen molar-refractivity contribution in [2.45, 2.75) is 53.4 Å². The summed E-state index contributed by atoms with van der Waals surface area (Å²) < 4.78 is 0. The Bertz CT molecular complexity index is 1730. The van der Waals surface area contributed by atoms with Crippen LogP contribution in [0.25, 0.3) is 44.9 Å². The van der Waals surface area contributed by atoms with E-state index in [9.17, 15) is 19.8 Å². The van der Waals surface area contributed by atoms with E-state index in [2.05, 4.69) is 0 Å². The molecule has 0 unspecified atom stereocenters. The Kier molecular flexibility index (Phi) is 8.02. The van der Waals surface area contributed by atoms with Crippen LogP contribution in [0.2, 0.25) is 0 Å². The standard InChI is InChI=1S/C30H30N4O4.Zn/c1-15-9-20-12-25-17(3)21(5-7-29(35)36)27(33-25)14-28-22(6-8-30(37)38)18(4)26(34-28)13-24-16(2)10-19(32-24)11-23(15)31-20;/h9-14H,5-8H2,1-4H3,(H4,31,32,33,34,35,36,37,38);/p-2. The molecule has 3 aromatic rings. The number of aromatic nitrogens is 4. The first-order chi connectivity index (χ1) is 18.1. The summed E-state index contributed by atoms with van der Waals surface area (Å²) in [5, 5.41) is 18.7. The van der Waals surface area contributed by atoms with Crippen molar-refractivity contribution in [3.8, 4) is 0 Å². The molecule has 2 N–H and O–H groups in total. The van der Waals surface area contributed by atoms with E-state index in [-0.39, 0.29) is 32.3 Å². The molecule has 0 fully saturated rings. The monoisotopic (exact) mass is 572 g/mol. The first-order valence-electron chi connectivity index (χ1n) is 12.5. The summed E-state index contributed by atoms with van der Waals surface area (Å²) >= 11 is 0. The first kappa shape index (κ1) is 28.2. The average Bonchev–Trinajstić information content (AvgIpc) is 3.53. The van der Waals surface area contributed by atoms with Crippen LogP contribution in [-0.2, 0) is 35.5 Å². The minimum atomic E-state index is -0.882. The third-order valence-electron chi connectivity index (χ3n) is 7.10. The summed E-state index contributed by atoms with van der Waals surface area (Å²) in [4.78, 5) is 42.2. The van der Waals surface area contributed by atoms with E-state index in [1.807, 2.05) is 64.1 Å². The molecule has 2 aliphatic rings. The maximum Gasteiger partial charge on any atom is 0.303 e. The van der Waals surface area contributed by atoms with E-state index in [1.54, 1.807) is 0 Å². The molecule has 8 nitrogen and oxygen atoms in total. The number of aryl methyl sites for hydroxylation is 3. The number of nitrogens with zero attached hydrogens (tertiary/aromatic N) is 4. The zero-order chi connectivity index (χ0) is 27.1. The maximum atomic E-state index is 11.4. The van der Waals surface area contributed by atoms with E-state index in [0.29, 0.717) is 24.1 Å². The minimum absolute atomic E-state index is 0. The molecule has 0 aromatic carbocycles. The number of carboxylic acid groups (broad SMARTS) is 2. The third kappa shape index (κ3) is 5.78. The van der Waals surface area contributed by atoms with Crippen LogP contribution in [0.5, 0.6) is 0 Å². The molecule has 2 aliphatic heterocycles. The molecule has 0 spiro atoms. The Morgan fingerprint density at radius 1 is 0.769 bits per heavy atom. The second-order valence-electron chi connectivity index (χ2n) is 9.84. The van der Waals surface area contributed by atoms with Gasteiger partial charge in [-0.3, -0.25) is 9.59 Å². The van der Waals surface area contributed by atoms with E-state index >= 15 is 0 Å². The minimum Gasteiger partial charge on any atom is -0.658 e. The maximum absolute atomic E-state index is 11.4. The van der Waals surface area contributed by atoms with Crippen LogP contribution in [0.3, 0.4) is 0 Å². The number of allylic oxidation sites excluding steroid dienone is 3. The average molecular weight is 574 g/mol. The van der Waals surface area contributed by atoms with Crippen molar-refractivity contribution < 1.29 is 39.3 Å². The van der Waals surface area contributed by atoms with E-state index in [0.717, 1.165) is 67.0 Å². The smallest absolute Gasteiger partial charge is 0.303 e. The van der Waals surface area contributed by atoms with Crippen LogP contribution in [0.1, 0.15) is 72.6 Å². The van der Waals surface area contributed by atoms with Crippen LogP contribution in [0, 0.1) is 13.8 Å². The van der Waals surface area contributed by atoms with Gasteiger partial charge in [0.2, 0.25) is 0 Å². The predicted molar refractivity (Wildman–Crippen MR) is 147 cm³/mol. The van der Waals surface area contributed by atoms with Gasteiger partial charge in [0.15, 0.2) is 0 Å². The topological polar surface area (TPSA) is 129 Å². The largest absolute Gasteiger partial charge is 0.658 e. The van der Waals surface area contributed by atoms with Crippen molar-refractivity contribution in [2.75, 3.05) is 0 Å². The van der Waals surface area contributed by atoms with E-state index in [4.69, 9.17) is 19.9 Å². The Morgan fingerprint density at radius 3 is 2.18 bits per heavy atom. The fourth-order valence-electron chi connectivity index (χ4n) is 4.96. The second-order valence-corrected chi connectivity index (χ2v) is 9.84. The van der Waals surface area contributed by atoms with Gasteiger partial charge >= 0.3 is 11.9 Å². The quantitative estimate of drug-likeness (QED) is 0.367. The molecule has 0 aliphatic carbocycles. The summed E-state index contributed by atoms with van der Waals surface area (Å²) in [6.45, 7) is 7.89. The summed E-state index contributed by atoms with van der Waals surface area (Å²) in [6, 6.07) is 9.66. The number of rotatable bonds is 6. The number of fused-ring (bicyclic) bond motifs is 8. The van der Waals surface area contributed by atoms with Crippen molar-refractivity contribution in [3.63, 3.8) is 0 Å². The Hall–Kier alpha value is -3.84.